The summed E-state index contributed by atoms with van der Waals surface area (Å²) in [7, 11) is 0. The van der Waals surface area contributed by atoms with Crippen molar-refractivity contribution in [3.8, 4) is 56.9 Å². The van der Waals surface area contributed by atoms with Crippen LogP contribution in [0.25, 0.3) is 56.9 Å². The largest absolute Gasteiger partial charge is 0.316 e. The number of nitrogens with zero attached hydrogens (tertiary/aromatic N) is 6. The third-order valence-electron chi connectivity index (χ3n) is 10.2. The van der Waals surface area contributed by atoms with Gasteiger partial charge < -0.3 is 9.13 Å². The van der Waals surface area contributed by atoms with Crippen LogP contribution in [0, 0.1) is 74.4 Å². The summed E-state index contributed by atoms with van der Waals surface area (Å²) in [5.74, 6) is 3.37. The molecular weight excluding hydrogens is 1060 g/mol. The van der Waals surface area contributed by atoms with E-state index in [4.69, 9.17) is 0 Å². The monoisotopic (exact) mass is 1100 g/mol. The average molecular weight is 1100 g/mol. The van der Waals surface area contributed by atoms with Gasteiger partial charge in [-0.1, -0.05) is 72.3 Å². The van der Waals surface area contributed by atoms with E-state index >= 15 is 0 Å². The van der Waals surface area contributed by atoms with E-state index in [-0.39, 0.29) is 40.2 Å². The summed E-state index contributed by atoms with van der Waals surface area (Å²) in [6.45, 7) is 19.2. The van der Waals surface area contributed by atoms with Gasteiger partial charge in [-0.15, -0.1) is 82.0 Å². The van der Waals surface area contributed by atoms with Crippen LogP contribution in [-0.4, -0.2) is 29.5 Å². The SMILES string of the molecule is Cc1cc(C)c(-c2nnc(-c3[c-]cccc3)n2-c2c(C)cccc2C)c(C)c1.Cc1cccc(C)c1-c1nnc(-c2[c-]cccc2)n1-c1c(C)cccc1C.[Ir].[Ir]. The quantitative estimate of drug-likeness (QED) is 0.156. The summed E-state index contributed by atoms with van der Waals surface area (Å²) < 4.78 is 4.38. The smallest absolute Gasteiger partial charge is 0.159 e. The minimum atomic E-state index is 0. The first-order valence-electron chi connectivity index (χ1n) is 18.7. The number of hydrogen-bond donors (Lipinski definition) is 0. The molecule has 0 spiro atoms. The van der Waals surface area contributed by atoms with E-state index < -0.39 is 0 Å². The van der Waals surface area contributed by atoms with E-state index in [9.17, 15) is 0 Å². The van der Waals surface area contributed by atoms with Gasteiger partial charge in [0.2, 0.25) is 0 Å². The molecule has 2 aromatic heterocycles. The van der Waals surface area contributed by atoms with E-state index in [2.05, 4.69) is 171 Å². The van der Waals surface area contributed by atoms with Crippen LogP contribution in [0.15, 0.2) is 115 Å². The maximum absolute atomic E-state index is 4.67. The zero-order valence-electron chi connectivity index (χ0n) is 33.8. The Kier molecular flexibility index (Phi) is 13.9. The molecule has 6 aromatic carbocycles. The van der Waals surface area contributed by atoms with Gasteiger partial charge in [0.15, 0.2) is 11.6 Å². The molecule has 6 nitrogen and oxygen atoms in total. The van der Waals surface area contributed by atoms with Gasteiger partial charge >= 0.3 is 0 Å². The average Bonchev–Trinajstić information content (AvgIpc) is 3.77. The molecule has 0 aliphatic rings. The molecule has 0 aliphatic heterocycles. The van der Waals surface area contributed by atoms with Crippen molar-refractivity contribution in [1.82, 2.24) is 29.5 Å². The summed E-state index contributed by atoms with van der Waals surface area (Å²) in [6.07, 6.45) is 0. The fraction of sp³-hybridized carbons (Fsp3) is 0.184. The minimum absolute atomic E-state index is 0. The molecule has 2 radical (unpaired) electrons. The van der Waals surface area contributed by atoms with Crippen molar-refractivity contribution < 1.29 is 40.2 Å². The second-order valence-corrected chi connectivity index (χ2v) is 14.4. The Balaban J connectivity index is 0.000000210. The van der Waals surface area contributed by atoms with Gasteiger partial charge in [0.25, 0.3) is 0 Å². The Labute approximate surface area is 364 Å². The summed E-state index contributed by atoms with van der Waals surface area (Å²) in [6, 6.07) is 46.0. The molecule has 57 heavy (non-hydrogen) atoms. The second-order valence-electron chi connectivity index (χ2n) is 14.4. The molecule has 8 rings (SSSR count). The number of hydrogen-bond acceptors (Lipinski definition) is 4. The summed E-state index contributed by atoms with van der Waals surface area (Å²) in [5, 5.41) is 18.5. The van der Waals surface area contributed by atoms with E-state index in [0.717, 1.165) is 56.9 Å². The van der Waals surface area contributed by atoms with Crippen molar-refractivity contribution >= 4 is 0 Å². The summed E-state index contributed by atoms with van der Waals surface area (Å²) in [5.41, 5.74) is 17.3. The maximum Gasteiger partial charge on any atom is 0.159 e. The van der Waals surface area contributed by atoms with Crippen LogP contribution in [0.4, 0.5) is 0 Å². The van der Waals surface area contributed by atoms with Crippen molar-refractivity contribution in [1.29, 1.82) is 0 Å². The van der Waals surface area contributed by atoms with Gasteiger partial charge in [0.1, 0.15) is 0 Å². The molecule has 0 aliphatic carbocycles. The second kappa shape index (κ2) is 18.4. The zero-order chi connectivity index (χ0) is 38.8. The van der Waals surface area contributed by atoms with Gasteiger partial charge in [0, 0.05) is 62.7 Å². The molecule has 292 valence electrons. The first-order chi connectivity index (χ1) is 26.5. The van der Waals surface area contributed by atoms with Gasteiger partial charge in [0.05, 0.1) is 11.6 Å². The molecule has 0 amide bonds. The van der Waals surface area contributed by atoms with Crippen LogP contribution in [0.2, 0.25) is 0 Å². The van der Waals surface area contributed by atoms with E-state index in [1.54, 1.807) is 0 Å². The van der Waals surface area contributed by atoms with Gasteiger partial charge in [-0.2, -0.15) is 10.2 Å². The van der Waals surface area contributed by atoms with Crippen molar-refractivity contribution in [3.63, 3.8) is 0 Å². The van der Waals surface area contributed by atoms with Crippen LogP contribution >= 0.6 is 0 Å². The Hall–Kier alpha value is -5.10. The number of aryl methyl sites for hydroxylation is 9. The zero-order valence-corrected chi connectivity index (χ0v) is 38.6. The topological polar surface area (TPSA) is 61.4 Å². The first-order valence-corrected chi connectivity index (χ1v) is 18.7. The Morgan fingerprint density at radius 3 is 1.05 bits per heavy atom. The van der Waals surface area contributed by atoms with Crippen LogP contribution in [0.5, 0.6) is 0 Å². The number of para-hydroxylation sites is 2. The molecule has 0 fully saturated rings. The molecule has 0 N–H and O–H groups in total. The molecule has 0 atom stereocenters. The fourth-order valence-corrected chi connectivity index (χ4v) is 7.75. The molecule has 0 unspecified atom stereocenters. The molecule has 8 aromatic rings. The summed E-state index contributed by atoms with van der Waals surface area (Å²) >= 11 is 0. The first kappa shape index (κ1) is 43.0. The molecular formula is C49H46Ir2N6-2. The number of benzene rings is 6. The normalized spacial score (nSPS) is 10.6. The Morgan fingerprint density at radius 1 is 0.368 bits per heavy atom. The minimum Gasteiger partial charge on any atom is -0.316 e. The van der Waals surface area contributed by atoms with Crippen LogP contribution in [0.3, 0.4) is 0 Å². The van der Waals surface area contributed by atoms with Gasteiger partial charge in [-0.25, -0.2) is 0 Å². The van der Waals surface area contributed by atoms with E-state index in [1.807, 2.05) is 48.5 Å². The van der Waals surface area contributed by atoms with Crippen LogP contribution in [0.1, 0.15) is 50.1 Å². The fourth-order valence-electron chi connectivity index (χ4n) is 7.75. The molecule has 8 heteroatoms. The predicted molar refractivity (Wildman–Crippen MR) is 225 cm³/mol. The van der Waals surface area contributed by atoms with Crippen molar-refractivity contribution in [2.75, 3.05) is 0 Å². The van der Waals surface area contributed by atoms with E-state index in [0.29, 0.717) is 0 Å². The van der Waals surface area contributed by atoms with Gasteiger partial charge in [-0.05, 0) is 107 Å². The third-order valence-corrected chi connectivity index (χ3v) is 10.2. The van der Waals surface area contributed by atoms with Crippen molar-refractivity contribution in [2.45, 2.75) is 62.3 Å². The van der Waals surface area contributed by atoms with Crippen molar-refractivity contribution in [3.05, 3.63) is 177 Å². The molecule has 0 bridgehead atoms. The standard InChI is InChI=1S/C25H24N3.C24H22N3.2Ir/c1-16-14-19(4)22(20(5)15-16)25-27-26-24(21-12-7-6-8-13-21)28(25)23-17(2)10-9-11-18(23)3;1-16-10-8-11-17(2)21(16)24-26-25-23(20-14-6-5-7-15-20)27(24)22-18(3)12-9-13-19(22)4;;/h6-12,14-15H,1-5H3;5-14H,1-4H3;;/q2*-1;;. The Bertz CT molecular complexity index is 2560. The number of aromatic nitrogens is 6. The molecule has 0 saturated heterocycles. The maximum atomic E-state index is 4.67. The number of rotatable bonds is 6. The predicted octanol–water partition coefficient (Wildman–Crippen LogP) is 11.6. The molecule has 2 heterocycles. The Morgan fingerprint density at radius 2 is 0.702 bits per heavy atom. The molecule has 0 saturated carbocycles. The van der Waals surface area contributed by atoms with E-state index in [1.165, 1.54) is 50.1 Å². The van der Waals surface area contributed by atoms with Gasteiger partial charge in [-0.3, -0.25) is 0 Å². The third kappa shape index (κ3) is 8.61. The summed E-state index contributed by atoms with van der Waals surface area (Å²) in [4.78, 5) is 0. The van der Waals surface area contributed by atoms with Crippen LogP contribution in [-0.2, 0) is 40.2 Å². The van der Waals surface area contributed by atoms with Crippen molar-refractivity contribution in [2.24, 2.45) is 0 Å². The van der Waals surface area contributed by atoms with Crippen LogP contribution < -0.4 is 0 Å².